The first-order chi connectivity index (χ1) is 24.3. The summed E-state index contributed by atoms with van der Waals surface area (Å²) in [6.45, 7) is 1.92. The van der Waals surface area contributed by atoms with E-state index in [1.165, 1.54) is 20.8 Å². The highest BCUT2D eigenvalue weighted by Crippen LogP contribution is 2.41. The van der Waals surface area contributed by atoms with Crippen LogP contribution in [0.25, 0.3) is 0 Å². The minimum Gasteiger partial charge on any atom is -0.376 e. The summed E-state index contributed by atoms with van der Waals surface area (Å²) in [5, 5.41) is 0. The molecule has 0 aliphatic rings. The van der Waals surface area contributed by atoms with Crippen LogP contribution in [0, 0.1) is 0 Å². The van der Waals surface area contributed by atoms with Gasteiger partial charge in [-0.15, -0.1) is 0 Å². The first-order valence-electron chi connectivity index (χ1n) is 15.3. The number of halogens is 18. The zero-order valence-electron chi connectivity index (χ0n) is 27.6. The van der Waals surface area contributed by atoms with E-state index in [0.717, 1.165) is 0 Å². The molecule has 0 fully saturated rings. The summed E-state index contributed by atoms with van der Waals surface area (Å²) in [5.41, 5.74) is -18.3. The largest absolute Gasteiger partial charge is 0.465 e. The van der Waals surface area contributed by atoms with Crippen LogP contribution in [0.15, 0.2) is 54.6 Å². The molecule has 0 heterocycles. The predicted octanol–water partition coefficient (Wildman–Crippen LogP) is 9.86. The molecule has 0 unspecified atom stereocenters. The molecule has 54 heavy (non-hydrogen) atoms. The monoisotopic (exact) mass is 827 g/mol. The van der Waals surface area contributed by atoms with Crippen LogP contribution >= 0.6 is 0 Å². The average Bonchev–Trinajstić information content (AvgIpc) is 3.01. The Hall–Kier alpha value is -3.44. The van der Waals surface area contributed by atoms with Crippen molar-refractivity contribution in [2.24, 2.45) is 0 Å². The van der Waals surface area contributed by atoms with Gasteiger partial charge in [-0.05, 0) is 39.0 Å². The van der Waals surface area contributed by atoms with E-state index in [9.17, 15) is 79.0 Å². The highest BCUT2D eigenvalue weighted by atomic mass is 28.4. The lowest BCUT2D eigenvalue weighted by Crippen LogP contribution is -2.72. The highest BCUT2D eigenvalue weighted by Gasteiger charge is 2.51. The van der Waals surface area contributed by atoms with Gasteiger partial charge in [-0.3, -0.25) is 0 Å². The Morgan fingerprint density at radius 3 is 0.704 bits per heavy atom. The van der Waals surface area contributed by atoms with Crippen molar-refractivity contribution in [3.63, 3.8) is 0 Å². The maximum absolute atomic E-state index is 14.3. The van der Waals surface area contributed by atoms with Crippen LogP contribution in [-0.2, 0) is 50.3 Å². The standard InChI is InChI=1S/C31H26BF18O3Si/c1-4-51-54(52-5-2,53-6-3)16-32(23-10-17(26(33,34)35)7-18(11-23)27(36,37)38,24-12-19(28(39,40)41)8-20(13-24)29(42,43)44)25-14-21(30(45,46)47)9-22(15-25)31(48,49)50/h7-15H,4-6,16H2,1-3H3/q-1. The summed E-state index contributed by atoms with van der Waals surface area (Å²) in [4.78, 5) is 0. The van der Waals surface area contributed by atoms with E-state index in [1.54, 1.807) is 0 Å². The van der Waals surface area contributed by atoms with E-state index in [-0.39, 0.29) is 36.4 Å². The van der Waals surface area contributed by atoms with Crippen molar-refractivity contribution in [1.82, 2.24) is 0 Å². The van der Waals surface area contributed by atoms with Crippen molar-refractivity contribution in [2.75, 3.05) is 19.8 Å². The molecule has 0 aliphatic heterocycles. The van der Waals surface area contributed by atoms with Crippen LogP contribution in [0.5, 0.6) is 0 Å². The Bertz CT molecular complexity index is 1480. The van der Waals surface area contributed by atoms with Crippen molar-refractivity contribution in [2.45, 2.75) is 63.8 Å². The summed E-state index contributed by atoms with van der Waals surface area (Å²) in [7, 11) is -5.02. The Kier molecular flexibility index (Phi) is 12.7. The molecule has 0 spiro atoms. The third-order valence-corrected chi connectivity index (χ3v) is 11.5. The van der Waals surface area contributed by atoms with E-state index in [2.05, 4.69) is 0 Å². The van der Waals surface area contributed by atoms with Gasteiger partial charge in [-0.25, -0.2) is 0 Å². The fourth-order valence-corrected chi connectivity index (χ4v) is 9.44. The fourth-order valence-electron chi connectivity index (χ4n) is 6.06. The number of hydrogen-bond acceptors (Lipinski definition) is 3. The van der Waals surface area contributed by atoms with Gasteiger partial charge in [0, 0.05) is 19.8 Å². The lowest BCUT2D eigenvalue weighted by Gasteiger charge is -2.48. The van der Waals surface area contributed by atoms with Crippen molar-refractivity contribution in [3.8, 4) is 0 Å². The van der Waals surface area contributed by atoms with Crippen molar-refractivity contribution >= 4 is 31.3 Å². The summed E-state index contributed by atoms with van der Waals surface area (Å²) in [6.07, 6.45) is -39.5. The highest BCUT2D eigenvalue weighted by molar-refractivity contribution is 7.16. The molecule has 0 radical (unpaired) electrons. The van der Waals surface area contributed by atoms with E-state index in [0.29, 0.717) is 0 Å². The van der Waals surface area contributed by atoms with Gasteiger partial charge in [0.2, 0.25) is 0 Å². The first-order valence-corrected chi connectivity index (χ1v) is 17.3. The van der Waals surface area contributed by atoms with E-state index >= 15 is 0 Å². The lowest BCUT2D eigenvalue weighted by atomic mass is 9.16. The maximum Gasteiger partial charge on any atom is 0.465 e. The van der Waals surface area contributed by atoms with Gasteiger partial charge in [0.25, 0.3) is 0 Å². The zero-order chi connectivity index (χ0) is 41.5. The molecule has 0 bridgehead atoms. The quantitative estimate of drug-likeness (QED) is 0.142. The predicted molar refractivity (Wildman–Crippen MR) is 159 cm³/mol. The number of hydrogen-bond donors (Lipinski definition) is 0. The fraction of sp³-hybridized carbons (Fsp3) is 0.419. The molecule has 3 aromatic rings. The molecule has 0 saturated carbocycles. The number of rotatable bonds is 11. The van der Waals surface area contributed by atoms with Gasteiger partial charge >= 0.3 is 45.9 Å². The Morgan fingerprint density at radius 1 is 0.370 bits per heavy atom. The average molecular weight is 827 g/mol. The minimum absolute atomic E-state index is 0.209. The molecule has 0 aromatic heterocycles. The molecule has 3 aromatic carbocycles. The maximum atomic E-state index is 14.3. The molecule has 0 amide bonds. The van der Waals surface area contributed by atoms with Crippen LogP contribution in [0.4, 0.5) is 79.0 Å². The topological polar surface area (TPSA) is 27.7 Å². The molecule has 302 valence electrons. The summed E-state index contributed by atoms with van der Waals surface area (Å²) in [6, 6.07) is -2.79. The summed E-state index contributed by atoms with van der Waals surface area (Å²) in [5.74, 6) is -1.57. The zero-order valence-corrected chi connectivity index (χ0v) is 28.6. The Balaban J connectivity index is 2.96. The Labute approximate surface area is 295 Å². The molecule has 0 atom stereocenters. The van der Waals surface area contributed by atoms with Gasteiger partial charge in [-0.2, -0.15) is 95.4 Å². The van der Waals surface area contributed by atoms with Crippen LogP contribution in [0.1, 0.15) is 54.2 Å². The lowest BCUT2D eigenvalue weighted by molar-refractivity contribution is -0.144. The molecular weight excluding hydrogens is 801 g/mol. The van der Waals surface area contributed by atoms with Gasteiger partial charge in [-0.1, -0.05) is 42.3 Å². The summed E-state index contributed by atoms with van der Waals surface area (Å²) >= 11 is 0. The second kappa shape index (κ2) is 15.2. The number of benzene rings is 3. The second-order valence-corrected chi connectivity index (χ2v) is 14.4. The van der Waals surface area contributed by atoms with Gasteiger partial charge in [0.1, 0.15) is 0 Å². The van der Waals surface area contributed by atoms with Crippen LogP contribution in [0.2, 0.25) is 5.94 Å². The normalized spacial score (nSPS) is 14.2. The summed E-state index contributed by atoms with van der Waals surface area (Å²) < 4.78 is 274. The van der Waals surface area contributed by atoms with Crippen LogP contribution in [-0.4, -0.2) is 34.8 Å². The molecule has 3 rings (SSSR count). The molecule has 0 aliphatic carbocycles. The smallest absolute Gasteiger partial charge is 0.376 e. The minimum atomic E-state index is -5.79. The van der Waals surface area contributed by atoms with Gasteiger partial charge in [0.15, 0.2) is 0 Å². The molecule has 0 saturated heterocycles. The molecule has 0 N–H and O–H groups in total. The third-order valence-electron chi connectivity index (χ3n) is 8.19. The van der Waals surface area contributed by atoms with Crippen LogP contribution in [0.3, 0.4) is 0 Å². The van der Waals surface area contributed by atoms with E-state index < -0.39 is 146 Å². The van der Waals surface area contributed by atoms with E-state index in [4.69, 9.17) is 13.3 Å². The van der Waals surface area contributed by atoms with Crippen molar-refractivity contribution in [1.29, 1.82) is 0 Å². The second-order valence-electron chi connectivity index (χ2n) is 11.7. The van der Waals surface area contributed by atoms with Crippen molar-refractivity contribution < 1.29 is 92.3 Å². The van der Waals surface area contributed by atoms with Crippen molar-refractivity contribution in [3.05, 3.63) is 88.0 Å². The third kappa shape index (κ3) is 10.0. The SMILES string of the molecule is CCO[Si](C[B-](c1cc(C(F)(F)F)cc(C(F)(F)F)c1)(c1cc(C(F)(F)F)cc(C(F)(F)F)c1)c1cc(C(F)(F)F)cc(C(F)(F)F)c1)(OCC)OCC. The van der Waals surface area contributed by atoms with Gasteiger partial charge in [0.05, 0.1) is 39.5 Å². The van der Waals surface area contributed by atoms with E-state index in [1.807, 2.05) is 0 Å². The molecule has 23 heteroatoms. The van der Waals surface area contributed by atoms with Crippen LogP contribution < -0.4 is 16.4 Å². The van der Waals surface area contributed by atoms with Gasteiger partial charge < -0.3 is 13.3 Å². The number of alkyl halides is 18. The Morgan fingerprint density at radius 2 is 0.556 bits per heavy atom. The molecule has 3 nitrogen and oxygen atoms in total. The first kappa shape index (κ1) is 45.0. The molecular formula is C31H26BF18O3Si-.